The van der Waals surface area contributed by atoms with Crippen LogP contribution in [0.5, 0.6) is 0 Å². The van der Waals surface area contributed by atoms with Crippen molar-refractivity contribution in [1.29, 1.82) is 0 Å². The van der Waals surface area contributed by atoms with Gasteiger partial charge in [-0.05, 0) is 25.3 Å². The molecule has 1 aromatic rings. The second-order valence-electron chi connectivity index (χ2n) is 5.05. The molecular weight excluding hydrogens is 228 g/mol. The molecule has 1 aliphatic heterocycles. The molecule has 0 spiro atoms. The first-order valence-corrected chi connectivity index (χ1v) is 6.41. The van der Waals surface area contributed by atoms with Gasteiger partial charge >= 0.3 is 0 Å². The highest BCUT2D eigenvalue weighted by Gasteiger charge is 2.31. The number of nitrogens with two attached hydrogens (primary N) is 1. The Morgan fingerprint density at radius 1 is 1.50 bits per heavy atom. The monoisotopic (exact) mass is 248 g/mol. The Labute approximate surface area is 107 Å². The summed E-state index contributed by atoms with van der Waals surface area (Å²) in [5.74, 6) is 0.388. The molecule has 5 nitrogen and oxygen atoms in total. The second-order valence-corrected chi connectivity index (χ2v) is 5.05. The third-order valence-corrected chi connectivity index (χ3v) is 3.52. The lowest BCUT2D eigenvalue weighted by molar-refractivity contribution is 0.0785. The van der Waals surface area contributed by atoms with E-state index >= 15 is 0 Å². The highest BCUT2D eigenvalue weighted by molar-refractivity contribution is 5.95. The van der Waals surface area contributed by atoms with Crippen LogP contribution in [0.3, 0.4) is 0 Å². The van der Waals surface area contributed by atoms with E-state index in [9.17, 15) is 4.79 Å². The molecular formula is C13H20N4O. The molecule has 1 aliphatic rings. The fraction of sp³-hybridized carbons (Fsp3) is 0.615. The number of rotatable bonds is 2. The second kappa shape index (κ2) is 5.02. The van der Waals surface area contributed by atoms with E-state index in [4.69, 9.17) is 5.73 Å². The topological polar surface area (TPSA) is 72.1 Å². The normalized spacial score (nSPS) is 23.4. The number of aromatic nitrogens is 2. The Morgan fingerprint density at radius 2 is 2.22 bits per heavy atom. The Hall–Kier alpha value is -1.49. The fourth-order valence-electron chi connectivity index (χ4n) is 2.29. The Bertz CT molecular complexity index is 450. The molecule has 2 atom stereocenters. The smallest absolute Gasteiger partial charge is 0.255 e. The summed E-state index contributed by atoms with van der Waals surface area (Å²) in [6, 6.07) is 1.90. The maximum absolute atomic E-state index is 12.5. The van der Waals surface area contributed by atoms with Crippen molar-refractivity contribution in [2.75, 3.05) is 13.1 Å². The molecule has 5 heteroatoms. The number of nitrogens with zero attached hydrogens (tertiary/aromatic N) is 3. The van der Waals surface area contributed by atoms with Crippen LogP contribution in [0, 0.1) is 12.8 Å². The number of hydrogen-bond donors (Lipinski definition) is 1. The molecule has 0 aliphatic carbocycles. The third-order valence-electron chi connectivity index (χ3n) is 3.52. The highest BCUT2D eigenvalue weighted by Crippen LogP contribution is 2.19. The van der Waals surface area contributed by atoms with Crippen LogP contribution in [0.15, 0.2) is 6.07 Å². The molecule has 2 rings (SSSR count). The van der Waals surface area contributed by atoms with Gasteiger partial charge in [0, 0.05) is 19.1 Å². The standard InChI is InChI=1S/C13H20N4O/c1-4-12-10(5-9(3)15-16-12)13(18)17-6-8(2)11(14)7-17/h5,8,11H,4,6-7,14H2,1-3H3. The van der Waals surface area contributed by atoms with E-state index in [1.807, 2.05) is 24.8 Å². The molecule has 1 saturated heterocycles. The minimum atomic E-state index is 0.0321. The number of aryl methyl sites for hydroxylation is 2. The Kier molecular flexibility index (Phi) is 3.61. The maximum atomic E-state index is 12.5. The molecule has 1 aromatic heterocycles. The number of hydrogen-bond acceptors (Lipinski definition) is 4. The minimum Gasteiger partial charge on any atom is -0.337 e. The summed E-state index contributed by atoms with van der Waals surface area (Å²) in [4.78, 5) is 14.3. The zero-order valence-corrected chi connectivity index (χ0v) is 11.2. The van der Waals surface area contributed by atoms with Gasteiger partial charge in [-0.2, -0.15) is 10.2 Å². The van der Waals surface area contributed by atoms with E-state index in [1.165, 1.54) is 0 Å². The van der Waals surface area contributed by atoms with Crippen LogP contribution >= 0.6 is 0 Å². The van der Waals surface area contributed by atoms with Crippen molar-refractivity contribution >= 4 is 5.91 Å². The van der Waals surface area contributed by atoms with Crippen molar-refractivity contribution in [3.8, 4) is 0 Å². The molecule has 0 saturated carbocycles. The number of amides is 1. The zero-order chi connectivity index (χ0) is 13.3. The fourth-order valence-corrected chi connectivity index (χ4v) is 2.29. The van der Waals surface area contributed by atoms with E-state index in [-0.39, 0.29) is 11.9 Å². The van der Waals surface area contributed by atoms with Crippen molar-refractivity contribution in [3.05, 3.63) is 23.0 Å². The van der Waals surface area contributed by atoms with Crippen LogP contribution in [0.1, 0.15) is 35.6 Å². The molecule has 2 heterocycles. The first kappa shape index (κ1) is 13.0. The summed E-state index contributed by atoms with van der Waals surface area (Å²) in [5, 5.41) is 8.10. The number of carbonyl (C=O) groups is 1. The van der Waals surface area contributed by atoms with E-state index in [0.29, 0.717) is 24.4 Å². The summed E-state index contributed by atoms with van der Waals surface area (Å²) in [6.07, 6.45) is 0.712. The molecule has 2 N–H and O–H groups in total. The van der Waals surface area contributed by atoms with Gasteiger partial charge < -0.3 is 10.6 Å². The summed E-state index contributed by atoms with van der Waals surface area (Å²) in [5.41, 5.74) is 8.17. The van der Waals surface area contributed by atoms with Gasteiger partial charge in [-0.1, -0.05) is 13.8 Å². The first-order chi connectivity index (χ1) is 8.52. The van der Waals surface area contributed by atoms with Crippen molar-refractivity contribution in [2.45, 2.75) is 33.2 Å². The minimum absolute atomic E-state index is 0.0321. The van der Waals surface area contributed by atoms with Crippen LogP contribution < -0.4 is 5.73 Å². The lowest BCUT2D eigenvalue weighted by Crippen LogP contribution is -2.33. The molecule has 1 amide bonds. The van der Waals surface area contributed by atoms with E-state index in [1.54, 1.807) is 0 Å². The van der Waals surface area contributed by atoms with Crippen molar-refractivity contribution < 1.29 is 4.79 Å². The van der Waals surface area contributed by atoms with Gasteiger partial charge in [0.25, 0.3) is 5.91 Å². The van der Waals surface area contributed by atoms with Gasteiger partial charge in [0.2, 0.25) is 0 Å². The molecule has 18 heavy (non-hydrogen) atoms. The largest absolute Gasteiger partial charge is 0.337 e. The quantitative estimate of drug-likeness (QED) is 0.839. The maximum Gasteiger partial charge on any atom is 0.255 e. The first-order valence-electron chi connectivity index (χ1n) is 6.41. The summed E-state index contributed by atoms with van der Waals surface area (Å²) < 4.78 is 0. The molecule has 98 valence electrons. The van der Waals surface area contributed by atoms with Gasteiger partial charge in [0.1, 0.15) is 0 Å². The van der Waals surface area contributed by atoms with Crippen LogP contribution in [0.4, 0.5) is 0 Å². The zero-order valence-electron chi connectivity index (χ0n) is 11.2. The molecule has 1 fully saturated rings. The summed E-state index contributed by atoms with van der Waals surface area (Å²) >= 11 is 0. The SMILES string of the molecule is CCc1nnc(C)cc1C(=O)N1CC(C)C(N)C1. The summed E-state index contributed by atoms with van der Waals surface area (Å²) in [6.45, 7) is 7.26. The Morgan fingerprint density at radius 3 is 2.78 bits per heavy atom. The van der Waals surface area contributed by atoms with Crippen molar-refractivity contribution in [3.63, 3.8) is 0 Å². The van der Waals surface area contributed by atoms with Gasteiger partial charge in [-0.3, -0.25) is 4.79 Å². The van der Waals surface area contributed by atoms with Gasteiger partial charge in [0.05, 0.1) is 17.0 Å². The van der Waals surface area contributed by atoms with Crippen molar-refractivity contribution in [2.24, 2.45) is 11.7 Å². The van der Waals surface area contributed by atoms with Gasteiger partial charge in [0.15, 0.2) is 0 Å². The number of carbonyl (C=O) groups excluding carboxylic acids is 1. The van der Waals surface area contributed by atoms with Crippen LogP contribution in [-0.2, 0) is 6.42 Å². The molecule has 0 radical (unpaired) electrons. The molecule has 0 aromatic carbocycles. The molecule has 2 unspecified atom stereocenters. The molecule has 0 bridgehead atoms. The van der Waals surface area contributed by atoms with E-state index in [0.717, 1.165) is 17.9 Å². The third kappa shape index (κ3) is 2.36. The highest BCUT2D eigenvalue weighted by atomic mass is 16.2. The average molecular weight is 248 g/mol. The van der Waals surface area contributed by atoms with Crippen molar-refractivity contribution in [1.82, 2.24) is 15.1 Å². The lowest BCUT2D eigenvalue weighted by atomic mass is 10.1. The van der Waals surface area contributed by atoms with Gasteiger partial charge in [-0.15, -0.1) is 0 Å². The van der Waals surface area contributed by atoms with Crippen LogP contribution in [-0.4, -0.2) is 40.1 Å². The average Bonchev–Trinajstić information content (AvgIpc) is 2.68. The summed E-state index contributed by atoms with van der Waals surface area (Å²) in [7, 11) is 0. The predicted octanol–water partition coefficient (Wildman–Crippen LogP) is 0.767. The Balaban J connectivity index is 2.26. The van der Waals surface area contributed by atoms with Gasteiger partial charge in [-0.25, -0.2) is 0 Å². The van der Waals surface area contributed by atoms with Crippen LogP contribution in [0.25, 0.3) is 0 Å². The van der Waals surface area contributed by atoms with E-state index < -0.39 is 0 Å². The number of likely N-dealkylation sites (tertiary alicyclic amines) is 1. The van der Waals surface area contributed by atoms with E-state index in [2.05, 4.69) is 17.1 Å². The van der Waals surface area contributed by atoms with Crippen LogP contribution in [0.2, 0.25) is 0 Å². The lowest BCUT2D eigenvalue weighted by Gasteiger charge is -2.17. The predicted molar refractivity (Wildman–Crippen MR) is 69.2 cm³/mol.